The minimum Gasteiger partial charge on any atom is -0.372 e. The first-order valence-corrected chi connectivity index (χ1v) is 8.72. The summed E-state index contributed by atoms with van der Waals surface area (Å²) in [6.07, 6.45) is 5.51. The summed E-state index contributed by atoms with van der Waals surface area (Å²) in [4.78, 5) is 14.2. The summed E-state index contributed by atoms with van der Waals surface area (Å²) in [6, 6.07) is 15.5. The van der Waals surface area contributed by atoms with Gasteiger partial charge in [0.25, 0.3) is 0 Å². The van der Waals surface area contributed by atoms with E-state index in [4.69, 9.17) is 0 Å². The van der Waals surface area contributed by atoms with E-state index in [-0.39, 0.29) is 6.03 Å². The lowest BCUT2D eigenvalue weighted by molar-refractivity contribution is 0.252. The molecule has 5 heteroatoms. The largest absolute Gasteiger partial charge is 0.372 e. The number of hydrazone groups is 1. The van der Waals surface area contributed by atoms with Crippen molar-refractivity contribution in [2.24, 2.45) is 5.10 Å². The zero-order valence-corrected chi connectivity index (χ0v) is 14.5. The van der Waals surface area contributed by atoms with Gasteiger partial charge in [0.15, 0.2) is 0 Å². The van der Waals surface area contributed by atoms with Crippen LogP contribution in [0.5, 0.6) is 0 Å². The fourth-order valence-corrected chi connectivity index (χ4v) is 2.88. The summed E-state index contributed by atoms with van der Waals surface area (Å²) < 4.78 is 0. The zero-order chi connectivity index (χ0) is 17.5. The van der Waals surface area contributed by atoms with Crippen molar-refractivity contribution in [1.29, 1.82) is 0 Å². The highest BCUT2D eigenvalue weighted by Gasteiger charge is 2.10. The third-order valence-electron chi connectivity index (χ3n) is 4.30. The van der Waals surface area contributed by atoms with Crippen LogP contribution < -0.4 is 15.6 Å². The van der Waals surface area contributed by atoms with Crippen LogP contribution in [0, 0.1) is 6.92 Å². The maximum Gasteiger partial charge on any atom is 0.339 e. The maximum atomic E-state index is 11.8. The number of aryl methyl sites for hydroxylation is 1. The summed E-state index contributed by atoms with van der Waals surface area (Å²) in [7, 11) is 0. The second-order valence-electron chi connectivity index (χ2n) is 6.33. The van der Waals surface area contributed by atoms with E-state index in [2.05, 4.69) is 32.9 Å². The molecular formula is C20H24N4O. The van der Waals surface area contributed by atoms with E-state index in [9.17, 15) is 4.79 Å². The summed E-state index contributed by atoms with van der Waals surface area (Å²) in [5, 5.41) is 6.73. The van der Waals surface area contributed by atoms with E-state index in [1.165, 1.54) is 24.9 Å². The van der Waals surface area contributed by atoms with Gasteiger partial charge >= 0.3 is 6.03 Å². The van der Waals surface area contributed by atoms with Crippen molar-refractivity contribution in [3.8, 4) is 0 Å². The number of urea groups is 1. The Morgan fingerprint density at radius 3 is 2.36 bits per heavy atom. The van der Waals surface area contributed by atoms with Gasteiger partial charge < -0.3 is 10.2 Å². The monoisotopic (exact) mass is 336 g/mol. The van der Waals surface area contributed by atoms with Gasteiger partial charge in [-0.2, -0.15) is 5.10 Å². The number of rotatable bonds is 4. The Morgan fingerprint density at radius 1 is 1.00 bits per heavy atom. The van der Waals surface area contributed by atoms with Gasteiger partial charge in [0.2, 0.25) is 0 Å². The highest BCUT2D eigenvalue weighted by atomic mass is 16.2. The van der Waals surface area contributed by atoms with Crippen LogP contribution in [0.1, 0.15) is 30.4 Å². The molecule has 0 aromatic heterocycles. The van der Waals surface area contributed by atoms with Crippen molar-refractivity contribution in [3.63, 3.8) is 0 Å². The number of benzene rings is 2. The molecule has 2 amide bonds. The average Bonchev–Trinajstić information content (AvgIpc) is 2.65. The van der Waals surface area contributed by atoms with E-state index in [0.717, 1.165) is 29.9 Å². The van der Waals surface area contributed by atoms with Crippen LogP contribution in [0.25, 0.3) is 0 Å². The van der Waals surface area contributed by atoms with Crippen LogP contribution in [0.4, 0.5) is 16.2 Å². The molecular weight excluding hydrogens is 312 g/mol. The van der Waals surface area contributed by atoms with Gasteiger partial charge in [-0.1, -0.05) is 29.8 Å². The molecule has 1 fully saturated rings. The summed E-state index contributed by atoms with van der Waals surface area (Å²) in [5.41, 5.74) is 6.58. The lowest BCUT2D eigenvalue weighted by atomic mass is 10.1. The number of hydrogen-bond donors (Lipinski definition) is 2. The van der Waals surface area contributed by atoms with E-state index in [0.29, 0.717) is 0 Å². The third kappa shape index (κ3) is 5.08. The molecule has 0 radical (unpaired) electrons. The predicted octanol–water partition coefficient (Wildman–Crippen LogP) is 4.14. The van der Waals surface area contributed by atoms with Crippen molar-refractivity contribution >= 4 is 23.6 Å². The molecule has 1 saturated heterocycles. The molecule has 0 atom stereocenters. The Bertz CT molecular complexity index is 716. The highest BCUT2D eigenvalue weighted by Crippen LogP contribution is 2.19. The van der Waals surface area contributed by atoms with Gasteiger partial charge in [-0.05, 0) is 56.0 Å². The molecule has 0 spiro atoms. The van der Waals surface area contributed by atoms with E-state index >= 15 is 0 Å². The van der Waals surface area contributed by atoms with Crippen LogP contribution >= 0.6 is 0 Å². The van der Waals surface area contributed by atoms with E-state index < -0.39 is 0 Å². The number of carbonyl (C=O) groups excluding carboxylic acids is 1. The molecule has 0 saturated carbocycles. The normalized spacial score (nSPS) is 14.5. The van der Waals surface area contributed by atoms with Gasteiger partial charge in [-0.25, -0.2) is 10.2 Å². The fraction of sp³-hybridized carbons (Fsp3) is 0.300. The minimum absolute atomic E-state index is 0.356. The minimum atomic E-state index is -0.356. The van der Waals surface area contributed by atoms with E-state index in [1.54, 1.807) is 6.21 Å². The first-order chi connectivity index (χ1) is 12.2. The summed E-state index contributed by atoms with van der Waals surface area (Å²) in [6.45, 7) is 4.27. The average molecular weight is 336 g/mol. The van der Waals surface area contributed by atoms with Crippen LogP contribution in [0.15, 0.2) is 53.6 Å². The lowest BCUT2D eigenvalue weighted by Gasteiger charge is -2.28. The molecule has 2 aromatic carbocycles. The van der Waals surface area contributed by atoms with E-state index in [1.807, 2.05) is 43.3 Å². The molecule has 2 N–H and O–H groups in total. The zero-order valence-electron chi connectivity index (χ0n) is 14.5. The molecule has 3 rings (SSSR count). The van der Waals surface area contributed by atoms with Crippen LogP contribution in [0.3, 0.4) is 0 Å². The molecule has 130 valence electrons. The Morgan fingerprint density at radius 2 is 1.68 bits per heavy atom. The van der Waals surface area contributed by atoms with Crippen molar-refractivity contribution in [2.45, 2.75) is 26.2 Å². The number of amides is 2. The van der Waals surface area contributed by atoms with Crippen LogP contribution in [0.2, 0.25) is 0 Å². The SMILES string of the molecule is Cc1ccc(NC(=O)N/N=C/c2ccc(N3CCCCC3)cc2)cc1. The lowest BCUT2D eigenvalue weighted by Crippen LogP contribution is -2.29. The predicted molar refractivity (Wildman–Crippen MR) is 103 cm³/mol. The van der Waals surface area contributed by atoms with Gasteiger partial charge in [0.1, 0.15) is 0 Å². The van der Waals surface area contributed by atoms with Crippen LogP contribution in [-0.4, -0.2) is 25.3 Å². The van der Waals surface area contributed by atoms with Crippen molar-refractivity contribution < 1.29 is 4.79 Å². The molecule has 0 bridgehead atoms. The van der Waals surface area contributed by atoms with Gasteiger partial charge in [-0.3, -0.25) is 0 Å². The first-order valence-electron chi connectivity index (χ1n) is 8.72. The molecule has 1 heterocycles. The Kier molecular flexibility index (Phi) is 5.67. The van der Waals surface area contributed by atoms with Gasteiger partial charge in [0.05, 0.1) is 6.21 Å². The number of nitrogens with zero attached hydrogens (tertiary/aromatic N) is 2. The smallest absolute Gasteiger partial charge is 0.339 e. The topological polar surface area (TPSA) is 56.7 Å². The quantitative estimate of drug-likeness (QED) is 0.651. The molecule has 0 aliphatic carbocycles. The van der Waals surface area contributed by atoms with Crippen molar-refractivity contribution in [1.82, 2.24) is 5.43 Å². The highest BCUT2D eigenvalue weighted by molar-refractivity contribution is 5.90. The number of nitrogens with one attached hydrogen (secondary N) is 2. The molecule has 2 aromatic rings. The first kappa shape index (κ1) is 17.0. The summed E-state index contributed by atoms with van der Waals surface area (Å²) >= 11 is 0. The number of carbonyl (C=O) groups is 1. The van der Waals surface area contributed by atoms with Gasteiger partial charge in [0, 0.05) is 24.5 Å². The second kappa shape index (κ2) is 8.33. The maximum absolute atomic E-state index is 11.8. The van der Waals surface area contributed by atoms with Crippen LogP contribution in [-0.2, 0) is 0 Å². The second-order valence-corrected chi connectivity index (χ2v) is 6.33. The van der Waals surface area contributed by atoms with Crippen molar-refractivity contribution in [3.05, 3.63) is 59.7 Å². The number of hydrogen-bond acceptors (Lipinski definition) is 3. The number of piperidine rings is 1. The molecule has 1 aliphatic heterocycles. The molecule has 0 unspecified atom stereocenters. The number of anilines is 2. The fourth-order valence-electron chi connectivity index (χ4n) is 2.88. The summed E-state index contributed by atoms with van der Waals surface area (Å²) in [5.74, 6) is 0. The standard InChI is InChI=1S/C20H24N4O/c1-16-5-9-18(10-6-16)22-20(25)23-21-15-17-7-11-19(12-8-17)24-13-3-2-4-14-24/h5-12,15H,2-4,13-14H2,1H3,(H2,22,23,25)/b21-15+. The Balaban J connectivity index is 1.49. The Labute approximate surface area is 148 Å². The van der Waals surface area contributed by atoms with Gasteiger partial charge in [-0.15, -0.1) is 0 Å². The third-order valence-corrected chi connectivity index (χ3v) is 4.30. The van der Waals surface area contributed by atoms with Crippen molar-refractivity contribution in [2.75, 3.05) is 23.3 Å². The molecule has 25 heavy (non-hydrogen) atoms. The molecule has 5 nitrogen and oxygen atoms in total. The Hall–Kier alpha value is -2.82. The molecule has 1 aliphatic rings.